The molecule has 0 aromatic heterocycles. The van der Waals surface area contributed by atoms with Gasteiger partial charge in [-0.2, -0.15) is 0 Å². The van der Waals surface area contributed by atoms with Crippen molar-refractivity contribution in [3.63, 3.8) is 0 Å². The lowest BCUT2D eigenvalue weighted by Crippen LogP contribution is -2.14. The molecule has 1 aliphatic heterocycles. The zero-order valence-electron chi connectivity index (χ0n) is 9.49. The number of rotatable bonds is 0. The zero-order valence-corrected chi connectivity index (χ0v) is 10.3. The van der Waals surface area contributed by atoms with E-state index in [4.69, 9.17) is 5.73 Å². The van der Waals surface area contributed by atoms with Crippen LogP contribution in [0.4, 0.5) is 8.78 Å². The van der Waals surface area contributed by atoms with Crippen molar-refractivity contribution in [2.45, 2.75) is 16.7 Å². The molecule has 1 heterocycles. The average molecular weight is 263 g/mol. The third kappa shape index (κ3) is 1.72. The van der Waals surface area contributed by atoms with Crippen LogP contribution in [0.2, 0.25) is 0 Å². The molecule has 92 valence electrons. The molecule has 1 atom stereocenters. The number of nitrogens with two attached hydrogens (primary N) is 1. The van der Waals surface area contributed by atoms with E-state index >= 15 is 0 Å². The Morgan fingerprint density at radius 2 is 1.83 bits per heavy atom. The largest absolute Gasteiger partial charge is 0.320 e. The van der Waals surface area contributed by atoms with Gasteiger partial charge < -0.3 is 5.73 Å². The third-order valence-electron chi connectivity index (χ3n) is 3.19. The molecule has 0 saturated heterocycles. The van der Waals surface area contributed by atoms with E-state index in [1.807, 2.05) is 24.3 Å². The molecule has 0 unspecified atom stereocenters. The second-order valence-corrected chi connectivity index (χ2v) is 5.25. The summed E-state index contributed by atoms with van der Waals surface area (Å²) in [4.78, 5) is 1.03. The number of hydrogen-bond acceptors (Lipinski definition) is 2. The minimum absolute atomic E-state index is 0.378. The Bertz CT molecular complexity index is 613. The van der Waals surface area contributed by atoms with E-state index in [2.05, 4.69) is 0 Å². The topological polar surface area (TPSA) is 26.0 Å². The lowest BCUT2D eigenvalue weighted by molar-refractivity contribution is 0.499. The van der Waals surface area contributed by atoms with Crippen molar-refractivity contribution in [3.8, 4) is 0 Å². The Kier molecular flexibility index (Phi) is 2.84. The van der Waals surface area contributed by atoms with Crippen LogP contribution in [0.1, 0.15) is 22.7 Å². The van der Waals surface area contributed by atoms with Gasteiger partial charge in [-0.1, -0.05) is 24.3 Å². The van der Waals surface area contributed by atoms with Crippen LogP contribution in [0.5, 0.6) is 0 Å². The lowest BCUT2D eigenvalue weighted by Gasteiger charge is -2.15. The average Bonchev–Trinajstić information content (AvgIpc) is 2.53. The van der Waals surface area contributed by atoms with Gasteiger partial charge in [-0.25, -0.2) is 8.78 Å². The van der Waals surface area contributed by atoms with Gasteiger partial charge in [-0.05, 0) is 23.3 Å². The number of benzene rings is 2. The molecular formula is C14H11F2NS. The second-order valence-electron chi connectivity index (χ2n) is 4.23. The summed E-state index contributed by atoms with van der Waals surface area (Å²) >= 11 is 1.49. The molecule has 0 spiro atoms. The predicted molar refractivity (Wildman–Crippen MR) is 68.4 cm³/mol. The zero-order chi connectivity index (χ0) is 12.7. The Morgan fingerprint density at radius 3 is 2.67 bits per heavy atom. The molecule has 0 fully saturated rings. The number of fused-ring (bicyclic) bond motifs is 2. The molecule has 2 aromatic rings. The van der Waals surface area contributed by atoms with Crippen molar-refractivity contribution in [2.75, 3.05) is 0 Å². The van der Waals surface area contributed by atoms with Gasteiger partial charge in [-0.3, -0.25) is 0 Å². The van der Waals surface area contributed by atoms with Crippen LogP contribution in [0.3, 0.4) is 0 Å². The first-order chi connectivity index (χ1) is 8.68. The summed E-state index contributed by atoms with van der Waals surface area (Å²) in [7, 11) is 0. The minimum Gasteiger partial charge on any atom is -0.320 e. The first-order valence-electron chi connectivity index (χ1n) is 5.62. The third-order valence-corrected chi connectivity index (χ3v) is 4.31. The molecule has 0 amide bonds. The van der Waals surface area contributed by atoms with Gasteiger partial charge in [0.2, 0.25) is 0 Å². The number of thioether (sulfide) groups is 1. The molecule has 2 aromatic carbocycles. The fourth-order valence-corrected chi connectivity index (χ4v) is 3.36. The molecule has 0 saturated carbocycles. The van der Waals surface area contributed by atoms with Crippen molar-refractivity contribution < 1.29 is 8.78 Å². The quantitative estimate of drug-likeness (QED) is 0.785. The van der Waals surface area contributed by atoms with Crippen LogP contribution in [-0.2, 0) is 5.75 Å². The SMILES string of the molecule is N[C@@H]1c2ccccc2SCc2c1ccc(F)c2F. The molecule has 0 aliphatic carbocycles. The molecule has 1 aliphatic rings. The van der Waals surface area contributed by atoms with Gasteiger partial charge in [0.25, 0.3) is 0 Å². The maximum Gasteiger partial charge on any atom is 0.163 e. The number of halogens is 2. The van der Waals surface area contributed by atoms with E-state index in [1.165, 1.54) is 11.8 Å². The molecule has 2 N–H and O–H groups in total. The highest BCUT2D eigenvalue weighted by Gasteiger charge is 2.24. The van der Waals surface area contributed by atoms with E-state index in [-0.39, 0.29) is 0 Å². The Balaban J connectivity index is 2.21. The summed E-state index contributed by atoms with van der Waals surface area (Å²) in [5.74, 6) is -1.18. The minimum atomic E-state index is -0.812. The molecular weight excluding hydrogens is 252 g/mol. The molecule has 3 rings (SSSR count). The summed E-state index contributed by atoms with van der Waals surface area (Å²) in [6.45, 7) is 0. The van der Waals surface area contributed by atoms with Crippen molar-refractivity contribution in [2.24, 2.45) is 5.73 Å². The van der Waals surface area contributed by atoms with Crippen molar-refractivity contribution in [1.82, 2.24) is 0 Å². The van der Waals surface area contributed by atoms with Crippen LogP contribution in [0.25, 0.3) is 0 Å². The molecule has 18 heavy (non-hydrogen) atoms. The van der Waals surface area contributed by atoms with Crippen LogP contribution >= 0.6 is 11.8 Å². The maximum absolute atomic E-state index is 13.8. The predicted octanol–water partition coefficient (Wildman–Crippen LogP) is 3.62. The van der Waals surface area contributed by atoms with Crippen LogP contribution < -0.4 is 5.73 Å². The lowest BCUT2D eigenvalue weighted by atomic mass is 9.95. The highest BCUT2D eigenvalue weighted by Crippen LogP contribution is 2.39. The molecule has 4 heteroatoms. The summed E-state index contributed by atoms with van der Waals surface area (Å²) in [5, 5.41) is 0. The van der Waals surface area contributed by atoms with Crippen LogP contribution in [-0.4, -0.2) is 0 Å². The van der Waals surface area contributed by atoms with Crippen molar-refractivity contribution >= 4 is 11.8 Å². The van der Waals surface area contributed by atoms with Gasteiger partial charge >= 0.3 is 0 Å². The highest BCUT2D eigenvalue weighted by molar-refractivity contribution is 7.98. The number of hydrogen-bond donors (Lipinski definition) is 1. The maximum atomic E-state index is 13.8. The Morgan fingerprint density at radius 1 is 1.06 bits per heavy atom. The Hall–Kier alpha value is -1.39. The van der Waals surface area contributed by atoms with Gasteiger partial charge in [0, 0.05) is 16.2 Å². The monoisotopic (exact) mass is 263 g/mol. The van der Waals surface area contributed by atoms with E-state index in [9.17, 15) is 8.78 Å². The smallest absolute Gasteiger partial charge is 0.163 e. The second kappa shape index (κ2) is 4.37. The van der Waals surface area contributed by atoms with Gasteiger partial charge in [-0.15, -0.1) is 11.8 Å². The summed E-state index contributed by atoms with van der Waals surface area (Å²) in [6.07, 6.45) is 0. The van der Waals surface area contributed by atoms with Crippen LogP contribution in [0.15, 0.2) is 41.3 Å². The standard InChI is InChI=1S/C14H11F2NS/c15-11-6-5-8-10(13(11)16)7-18-12-4-2-1-3-9(12)14(8)17/h1-6,14H,7,17H2/t14-/m0/s1. The fraction of sp³-hybridized carbons (Fsp3) is 0.143. The first kappa shape index (κ1) is 11.7. The summed E-state index contributed by atoms with van der Waals surface area (Å²) in [5.41, 5.74) is 8.19. The van der Waals surface area contributed by atoms with E-state index in [1.54, 1.807) is 6.07 Å². The van der Waals surface area contributed by atoms with Crippen molar-refractivity contribution in [3.05, 3.63) is 64.7 Å². The highest BCUT2D eigenvalue weighted by atomic mass is 32.2. The van der Waals surface area contributed by atoms with Gasteiger partial charge in [0.05, 0.1) is 6.04 Å². The Labute approximate surface area is 108 Å². The van der Waals surface area contributed by atoms with Gasteiger partial charge in [0.15, 0.2) is 11.6 Å². The van der Waals surface area contributed by atoms with Crippen molar-refractivity contribution in [1.29, 1.82) is 0 Å². The van der Waals surface area contributed by atoms with E-state index in [0.717, 1.165) is 16.5 Å². The summed E-state index contributed by atoms with van der Waals surface area (Å²) < 4.78 is 27.1. The van der Waals surface area contributed by atoms with Gasteiger partial charge in [0.1, 0.15) is 0 Å². The molecule has 0 bridgehead atoms. The normalized spacial score (nSPS) is 17.8. The molecule has 1 nitrogen and oxygen atoms in total. The van der Waals surface area contributed by atoms with E-state index in [0.29, 0.717) is 16.9 Å². The first-order valence-corrected chi connectivity index (χ1v) is 6.61. The van der Waals surface area contributed by atoms with E-state index < -0.39 is 17.7 Å². The summed E-state index contributed by atoms with van der Waals surface area (Å²) in [6, 6.07) is 10.0. The molecule has 0 radical (unpaired) electrons. The fourth-order valence-electron chi connectivity index (χ4n) is 2.23. The van der Waals surface area contributed by atoms with Crippen LogP contribution in [0, 0.1) is 11.6 Å².